The predicted molar refractivity (Wildman–Crippen MR) is 202 cm³/mol. The fourth-order valence-electron chi connectivity index (χ4n) is 9.29. The largest absolute Gasteiger partial charge is 0.455 e. The van der Waals surface area contributed by atoms with Crippen LogP contribution in [-0.4, -0.2) is 83.3 Å². The Bertz CT molecular complexity index is 1630. The molecule has 13 heteroatoms. The molecule has 3 aliphatic carbocycles. The molecule has 1 aromatic carbocycles. The van der Waals surface area contributed by atoms with E-state index in [9.17, 15) is 32.3 Å². The van der Waals surface area contributed by atoms with Crippen LogP contribution in [-0.2, 0) is 25.5 Å². The molecule has 2 aromatic rings. The first-order valence-corrected chi connectivity index (χ1v) is 20.3. The fraction of sp³-hybridized carbons (Fsp3) is 0.683. The third kappa shape index (κ3) is 9.20. The number of likely N-dealkylation sites (tertiary alicyclic amines) is 1. The number of thiazole rings is 1. The van der Waals surface area contributed by atoms with Crippen molar-refractivity contribution in [2.45, 2.75) is 129 Å². The van der Waals surface area contributed by atoms with Crippen molar-refractivity contribution in [1.29, 1.82) is 0 Å². The highest BCUT2D eigenvalue weighted by atomic mass is 32.1. The Kier molecular flexibility index (Phi) is 13.0. The molecule has 4 fully saturated rings. The molecule has 2 bridgehead atoms. The van der Waals surface area contributed by atoms with Crippen molar-refractivity contribution in [1.82, 2.24) is 20.1 Å². The van der Waals surface area contributed by atoms with Gasteiger partial charge in [-0.3, -0.25) is 24.1 Å². The van der Waals surface area contributed by atoms with Crippen molar-refractivity contribution in [3.63, 3.8) is 0 Å². The molecule has 1 N–H and O–H groups in total. The van der Waals surface area contributed by atoms with Gasteiger partial charge in [-0.25, -0.2) is 4.98 Å². The Balaban J connectivity index is 1.34. The fourth-order valence-corrected chi connectivity index (χ4v) is 10.1. The second-order valence-corrected chi connectivity index (χ2v) is 17.9. The van der Waals surface area contributed by atoms with E-state index in [1.165, 1.54) is 18.3 Å². The molecule has 298 valence electrons. The number of carbonyl (C=O) groups excluding carboxylic acids is 4. The monoisotopic (exact) mass is 774 g/mol. The van der Waals surface area contributed by atoms with E-state index in [-0.39, 0.29) is 73.4 Å². The number of hydrogen-bond donors (Lipinski definition) is 1. The number of piperidine rings is 1. The quantitative estimate of drug-likeness (QED) is 0.164. The van der Waals surface area contributed by atoms with E-state index < -0.39 is 41.0 Å². The summed E-state index contributed by atoms with van der Waals surface area (Å²) in [6.07, 6.45) is -1.63. The average Bonchev–Trinajstić information content (AvgIpc) is 3.54. The number of ketones is 1. The number of carbonyl (C=O) groups is 4. The highest BCUT2D eigenvalue weighted by Crippen LogP contribution is 2.81. The van der Waals surface area contributed by atoms with Gasteiger partial charge in [-0.05, 0) is 81.4 Å². The first-order valence-electron chi connectivity index (χ1n) is 19.4. The summed E-state index contributed by atoms with van der Waals surface area (Å²) >= 11 is 1.19. The molecule has 0 unspecified atom stereocenters. The number of likely N-dealkylation sites (N-methyl/N-ethyl adjacent to an activating group) is 1. The Morgan fingerprint density at radius 1 is 1.06 bits per heavy atom. The molecule has 0 radical (unpaired) electrons. The van der Waals surface area contributed by atoms with Crippen LogP contribution in [0.15, 0.2) is 35.7 Å². The van der Waals surface area contributed by atoms with Crippen LogP contribution in [0.25, 0.3) is 0 Å². The number of rotatable bonds is 17. The molecule has 5 atom stereocenters. The van der Waals surface area contributed by atoms with Gasteiger partial charge in [-0.15, -0.1) is 11.3 Å². The van der Waals surface area contributed by atoms with Gasteiger partial charge < -0.3 is 15.0 Å². The van der Waals surface area contributed by atoms with Crippen molar-refractivity contribution >= 4 is 34.9 Å². The standard InChI is InChI=1S/C41H57F3N4O5S/c1-25(2)17-29(18-28-13-9-8-10-14-28)45-36(51)31-21-54-37(46-31)35(53-27(5)49)20-33(26(3)4)48(7)38(52)30(19-34(50)32-15-11-12-16-47(32)6)39-22-40(23-39,24-39)41(42,43)44/h8-10,13-14,21,25-26,29-30,32-33,35H,11-12,15-20,22-24H2,1-7H3,(H,45,51)/t29-,30-,32-,33-,35-,39?,40?/m1/s1. The molecule has 1 aliphatic heterocycles. The van der Waals surface area contributed by atoms with Gasteiger partial charge in [-0.1, -0.05) is 64.4 Å². The lowest BCUT2D eigenvalue weighted by molar-refractivity contribution is -0.373. The molecule has 1 aromatic heterocycles. The average molecular weight is 775 g/mol. The number of Topliss-reactive ketones (excluding diaryl/α,β-unsaturated/α-hetero) is 1. The van der Waals surface area contributed by atoms with E-state index in [1.807, 2.05) is 56.1 Å². The van der Waals surface area contributed by atoms with Gasteiger partial charge in [0.2, 0.25) is 5.91 Å². The number of hydrogen-bond acceptors (Lipinski definition) is 8. The molecule has 1 saturated heterocycles. The van der Waals surface area contributed by atoms with Gasteiger partial charge in [0.1, 0.15) is 10.7 Å². The third-order valence-corrected chi connectivity index (χ3v) is 13.0. The smallest absolute Gasteiger partial charge is 0.394 e. The highest BCUT2D eigenvalue weighted by Gasteiger charge is 2.80. The normalized spacial score (nSPS) is 24.9. The summed E-state index contributed by atoms with van der Waals surface area (Å²) in [6, 6.07) is 8.96. The summed E-state index contributed by atoms with van der Waals surface area (Å²) in [5, 5.41) is 5.18. The van der Waals surface area contributed by atoms with Crippen LogP contribution in [0.4, 0.5) is 13.2 Å². The molecule has 4 aliphatic rings. The van der Waals surface area contributed by atoms with Crippen molar-refractivity contribution in [3.8, 4) is 0 Å². The van der Waals surface area contributed by atoms with Gasteiger partial charge in [0, 0.05) is 44.3 Å². The SMILES string of the molecule is CC(=O)O[C@H](C[C@H](C(C)C)N(C)C(=O)[C@@H](CC(=O)[C@H]1CCCCN1C)C12CC(C(F)(F)F)(C1)C2)c1nc(C(=O)N[C@@H](Cc2ccccc2)CC(C)C)cs1. The van der Waals surface area contributed by atoms with Crippen molar-refractivity contribution in [2.75, 3.05) is 20.6 Å². The lowest BCUT2D eigenvalue weighted by Gasteiger charge is -2.73. The summed E-state index contributed by atoms with van der Waals surface area (Å²) in [5.41, 5.74) is -1.32. The number of nitrogens with one attached hydrogen (secondary N) is 1. The summed E-state index contributed by atoms with van der Waals surface area (Å²) in [7, 11) is 3.52. The van der Waals surface area contributed by atoms with Crippen LogP contribution in [0.2, 0.25) is 0 Å². The number of ether oxygens (including phenoxy) is 1. The zero-order valence-electron chi connectivity index (χ0n) is 32.7. The molecule has 6 rings (SSSR count). The molecule has 9 nitrogen and oxygen atoms in total. The van der Waals surface area contributed by atoms with Gasteiger partial charge in [0.15, 0.2) is 11.9 Å². The molecule has 3 saturated carbocycles. The topological polar surface area (TPSA) is 109 Å². The lowest BCUT2D eigenvalue weighted by Crippen LogP contribution is -2.72. The Morgan fingerprint density at radius 2 is 1.72 bits per heavy atom. The third-order valence-electron chi connectivity index (χ3n) is 12.1. The van der Waals surface area contributed by atoms with Crippen molar-refractivity contribution < 1.29 is 37.1 Å². The van der Waals surface area contributed by atoms with Gasteiger partial charge in [0.25, 0.3) is 5.91 Å². The number of esters is 1. The minimum absolute atomic E-state index is 0.0957. The summed E-state index contributed by atoms with van der Waals surface area (Å²) in [4.78, 5) is 62.4. The number of alkyl halides is 3. The lowest BCUT2D eigenvalue weighted by atomic mass is 9.31. The number of amides is 2. The van der Waals surface area contributed by atoms with Crippen LogP contribution in [0, 0.1) is 28.6 Å². The molecule has 2 amide bonds. The van der Waals surface area contributed by atoms with Crippen LogP contribution in [0.5, 0.6) is 0 Å². The second-order valence-electron chi connectivity index (χ2n) is 17.0. The maximum Gasteiger partial charge on any atom is 0.394 e. The first kappa shape index (κ1) is 41.8. The van der Waals surface area contributed by atoms with E-state index >= 15 is 0 Å². The van der Waals surface area contributed by atoms with Crippen LogP contribution >= 0.6 is 11.3 Å². The van der Waals surface area contributed by atoms with Crippen LogP contribution in [0.1, 0.15) is 120 Å². The van der Waals surface area contributed by atoms with Gasteiger partial charge in [0.05, 0.1) is 17.4 Å². The van der Waals surface area contributed by atoms with E-state index in [4.69, 9.17) is 4.74 Å². The minimum atomic E-state index is -4.35. The van der Waals surface area contributed by atoms with Crippen molar-refractivity contribution in [3.05, 3.63) is 52.0 Å². The molecular formula is C41H57F3N4O5S. The Labute approximate surface area is 321 Å². The van der Waals surface area contributed by atoms with Crippen LogP contribution < -0.4 is 5.32 Å². The zero-order valence-corrected chi connectivity index (χ0v) is 33.5. The van der Waals surface area contributed by atoms with Gasteiger partial charge >= 0.3 is 12.1 Å². The first-order chi connectivity index (χ1) is 25.3. The van der Waals surface area contributed by atoms with Gasteiger partial charge in [-0.2, -0.15) is 13.2 Å². The Hall–Kier alpha value is -3.32. The number of halogens is 3. The number of benzene rings is 1. The van der Waals surface area contributed by atoms with E-state index in [2.05, 4.69) is 24.1 Å². The Morgan fingerprint density at radius 3 is 2.30 bits per heavy atom. The number of aromatic nitrogens is 1. The second kappa shape index (κ2) is 16.8. The molecule has 2 heterocycles. The van der Waals surface area contributed by atoms with Crippen molar-refractivity contribution in [2.24, 2.45) is 28.6 Å². The summed E-state index contributed by atoms with van der Waals surface area (Å²) in [6.45, 7) is 10.1. The summed E-state index contributed by atoms with van der Waals surface area (Å²) in [5.74, 6) is -2.02. The molecule has 0 spiro atoms. The maximum absolute atomic E-state index is 14.6. The van der Waals surface area contributed by atoms with E-state index in [0.717, 1.165) is 31.4 Å². The number of nitrogens with zero attached hydrogens (tertiary/aromatic N) is 3. The van der Waals surface area contributed by atoms with Crippen LogP contribution in [0.3, 0.4) is 0 Å². The molecular weight excluding hydrogens is 718 g/mol. The van der Waals surface area contributed by atoms with E-state index in [0.29, 0.717) is 23.8 Å². The predicted octanol–water partition coefficient (Wildman–Crippen LogP) is 7.80. The zero-order chi connectivity index (χ0) is 39.6. The van der Waals surface area contributed by atoms with E-state index in [1.54, 1.807) is 17.3 Å². The molecule has 54 heavy (non-hydrogen) atoms. The summed E-state index contributed by atoms with van der Waals surface area (Å²) < 4.78 is 47.7. The highest BCUT2D eigenvalue weighted by molar-refractivity contribution is 7.09. The maximum atomic E-state index is 14.6. The minimum Gasteiger partial charge on any atom is -0.455 e.